The summed E-state index contributed by atoms with van der Waals surface area (Å²) in [5.74, 6) is 7.53. The quantitative estimate of drug-likeness (QED) is 0.631. The molecule has 5 heteroatoms. The summed E-state index contributed by atoms with van der Waals surface area (Å²) in [5.41, 5.74) is 5.05. The Morgan fingerprint density at radius 3 is 2.84 bits per heavy atom. The Bertz CT molecular complexity index is 550. The monoisotopic (exact) mass is 260 g/mol. The van der Waals surface area contributed by atoms with Crippen LogP contribution in [0.2, 0.25) is 0 Å². The van der Waals surface area contributed by atoms with Crippen molar-refractivity contribution in [3.05, 3.63) is 47.5 Å². The maximum Gasteiger partial charge on any atom is 0.122 e. The Kier molecular flexibility index (Phi) is 4.19. The molecule has 1 aromatic heterocycles. The number of hydrazine groups is 1. The van der Waals surface area contributed by atoms with Crippen LogP contribution in [0.5, 0.6) is 5.75 Å². The molecule has 0 saturated carbocycles. The van der Waals surface area contributed by atoms with E-state index in [9.17, 15) is 0 Å². The van der Waals surface area contributed by atoms with Gasteiger partial charge in [0.15, 0.2) is 0 Å². The lowest BCUT2D eigenvalue weighted by atomic mass is 10.0. The number of hydrogen-bond donors (Lipinski definition) is 2. The fraction of sp³-hybridized carbons (Fsp3) is 0.357. The minimum absolute atomic E-state index is 0.00981. The second kappa shape index (κ2) is 5.86. The molecule has 0 bridgehead atoms. The maximum absolute atomic E-state index is 5.67. The molecule has 5 nitrogen and oxygen atoms in total. The van der Waals surface area contributed by atoms with Crippen molar-refractivity contribution in [3.8, 4) is 5.75 Å². The van der Waals surface area contributed by atoms with Crippen LogP contribution in [0, 0.1) is 6.92 Å². The molecule has 0 aliphatic rings. The number of methoxy groups -OCH3 is 1. The smallest absolute Gasteiger partial charge is 0.122 e. The van der Waals surface area contributed by atoms with Crippen molar-refractivity contribution in [2.45, 2.75) is 19.4 Å². The topological polar surface area (TPSA) is 65.1 Å². The Morgan fingerprint density at radius 2 is 2.26 bits per heavy atom. The molecule has 0 saturated heterocycles. The van der Waals surface area contributed by atoms with Gasteiger partial charge in [-0.1, -0.05) is 12.1 Å². The van der Waals surface area contributed by atoms with Crippen LogP contribution in [0.25, 0.3) is 0 Å². The number of ether oxygens (including phenoxy) is 1. The molecule has 0 amide bonds. The van der Waals surface area contributed by atoms with E-state index >= 15 is 0 Å². The van der Waals surface area contributed by atoms with Gasteiger partial charge in [-0.25, -0.2) is 4.98 Å². The fourth-order valence-corrected chi connectivity index (χ4v) is 2.10. The van der Waals surface area contributed by atoms with Crippen molar-refractivity contribution in [2.24, 2.45) is 12.9 Å². The number of hydrogen-bond acceptors (Lipinski definition) is 4. The van der Waals surface area contributed by atoms with Gasteiger partial charge in [0.1, 0.15) is 11.6 Å². The van der Waals surface area contributed by atoms with Crippen LogP contribution in [-0.4, -0.2) is 16.7 Å². The van der Waals surface area contributed by atoms with E-state index in [4.69, 9.17) is 10.6 Å². The lowest BCUT2D eigenvalue weighted by molar-refractivity contribution is 0.409. The Labute approximate surface area is 113 Å². The van der Waals surface area contributed by atoms with Gasteiger partial charge < -0.3 is 9.30 Å². The van der Waals surface area contributed by atoms with Gasteiger partial charge in [0.05, 0.1) is 13.2 Å². The zero-order valence-corrected chi connectivity index (χ0v) is 11.6. The molecule has 1 atom stereocenters. The van der Waals surface area contributed by atoms with E-state index < -0.39 is 0 Å². The van der Waals surface area contributed by atoms with Crippen LogP contribution in [-0.2, 0) is 13.5 Å². The highest BCUT2D eigenvalue weighted by Crippen LogP contribution is 2.24. The van der Waals surface area contributed by atoms with E-state index in [1.54, 1.807) is 13.3 Å². The van der Waals surface area contributed by atoms with Crippen molar-refractivity contribution in [2.75, 3.05) is 7.11 Å². The highest BCUT2D eigenvalue weighted by Gasteiger charge is 2.14. The third-order valence-electron chi connectivity index (χ3n) is 3.34. The first-order valence-electron chi connectivity index (χ1n) is 6.22. The maximum atomic E-state index is 5.67. The molecule has 2 rings (SSSR count). The molecule has 0 aliphatic carbocycles. The molecule has 0 spiro atoms. The summed E-state index contributed by atoms with van der Waals surface area (Å²) in [6.07, 6.45) is 4.45. The summed E-state index contributed by atoms with van der Waals surface area (Å²) in [6.45, 7) is 2.02. The first-order valence-corrected chi connectivity index (χ1v) is 6.22. The van der Waals surface area contributed by atoms with Gasteiger partial charge in [-0.15, -0.1) is 0 Å². The standard InChI is InChI=1S/C14H20N4O/c1-10-4-5-11(8-13(10)19-3)12(17-15)9-14-16-6-7-18(14)2/h4-8,12,17H,9,15H2,1-3H3. The number of benzene rings is 1. The van der Waals surface area contributed by atoms with Crippen molar-refractivity contribution < 1.29 is 4.74 Å². The number of aryl methyl sites for hydroxylation is 2. The zero-order chi connectivity index (χ0) is 13.8. The van der Waals surface area contributed by atoms with E-state index in [2.05, 4.69) is 16.5 Å². The van der Waals surface area contributed by atoms with Gasteiger partial charge in [-0.05, 0) is 24.1 Å². The lowest BCUT2D eigenvalue weighted by Gasteiger charge is -2.17. The summed E-state index contributed by atoms with van der Waals surface area (Å²) in [4.78, 5) is 4.33. The molecule has 0 radical (unpaired) electrons. The van der Waals surface area contributed by atoms with Crippen LogP contribution >= 0.6 is 0 Å². The average Bonchev–Trinajstić information content (AvgIpc) is 2.82. The van der Waals surface area contributed by atoms with Gasteiger partial charge in [0, 0.05) is 25.9 Å². The van der Waals surface area contributed by atoms with E-state index in [1.165, 1.54) is 0 Å². The van der Waals surface area contributed by atoms with E-state index in [-0.39, 0.29) is 6.04 Å². The summed E-state index contributed by atoms with van der Waals surface area (Å²) in [7, 11) is 3.65. The molecule has 19 heavy (non-hydrogen) atoms. The Morgan fingerprint density at radius 1 is 1.47 bits per heavy atom. The third-order valence-corrected chi connectivity index (χ3v) is 3.34. The van der Waals surface area contributed by atoms with Crippen molar-refractivity contribution in [1.82, 2.24) is 15.0 Å². The van der Waals surface area contributed by atoms with E-state index in [0.29, 0.717) is 0 Å². The first-order chi connectivity index (χ1) is 9.15. The van der Waals surface area contributed by atoms with Gasteiger partial charge in [0.25, 0.3) is 0 Å². The molecule has 2 aromatic rings. The SMILES string of the molecule is COc1cc(C(Cc2nccn2C)NN)ccc1C. The second-order valence-electron chi connectivity index (χ2n) is 4.61. The fourth-order valence-electron chi connectivity index (χ4n) is 2.10. The van der Waals surface area contributed by atoms with Crippen LogP contribution in [0.1, 0.15) is 23.0 Å². The molecule has 0 fully saturated rings. The summed E-state index contributed by atoms with van der Waals surface area (Å²) in [5, 5.41) is 0. The predicted octanol–water partition coefficient (Wildman–Crippen LogP) is 1.48. The number of imidazole rings is 1. The van der Waals surface area contributed by atoms with E-state index in [1.807, 2.05) is 36.9 Å². The average molecular weight is 260 g/mol. The molecule has 1 aromatic carbocycles. The highest BCUT2D eigenvalue weighted by atomic mass is 16.5. The van der Waals surface area contributed by atoms with Crippen LogP contribution < -0.4 is 16.0 Å². The van der Waals surface area contributed by atoms with Crippen LogP contribution in [0.15, 0.2) is 30.6 Å². The summed E-state index contributed by atoms with van der Waals surface area (Å²) < 4.78 is 7.35. The van der Waals surface area contributed by atoms with E-state index in [0.717, 1.165) is 29.1 Å². The van der Waals surface area contributed by atoms with Gasteiger partial charge >= 0.3 is 0 Å². The Hall–Kier alpha value is -1.85. The molecular weight excluding hydrogens is 240 g/mol. The largest absolute Gasteiger partial charge is 0.496 e. The lowest BCUT2D eigenvalue weighted by Crippen LogP contribution is -2.30. The van der Waals surface area contributed by atoms with Crippen molar-refractivity contribution in [1.29, 1.82) is 0 Å². The van der Waals surface area contributed by atoms with Crippen molar-refractivity contribution in [3.63, 3.8) is 0 Å². The Balaban J connectivity index is 2.24. The second-order valence-corrected chi connectivity index (χ2v) is 4.61. The minimum Gasteiger partial charge on any atom is -0.496 e. The van der Waals surface area contributed by atoms with Crippen molar-refractivity contribution >= 4 is 0 Å². The summed E-state index contributed by atoms with van der Waals surface area (Å²) in [6, 6.07) is 6.13. The van der Waals surface area contributed by atoms with Crippen LogP contribution in [0.3, 0.4) is 0 Å². The van der Waals surface area contributed by atoms with Gasteiger partial charge in [-0.2, -0.15) is 0 Å². The first kappa shape index (κ1) is 13.6. The molecular formula is C14H20N4O. The molecule has 0 aliphatic heterocycles. The summed E-state index contributed by atoms with van der Waals surface area (Å²) >= 11 is 0. The number of aromatic nitrogens is 2. The molecule has 102 valence electrons. The third kappa shape index (κ3) is 2.94. The van der Waals surface area contributed by atoms with Gasteiger partial charge in [0.2, 0.25) is 0 Å². The number of nitrogens with one attached hydrogen (secondary N) is 1. The molecule has 1 unspecified atom stereocenters. The zero-order valence-electron chi connectivity index (χ0n) is 11.6. The minimum atomic E-state index is 0.00981. The molecule has 3 N–H and O–H groups in total. The normalized spacial score (nSPS) is 12.4. The predicted molar refractivity (Wildman–Crippen MR) is 74.7 cm³/mol. The van der Waals surface area contributed by atoms with Crippen LogP contribution in [0.4, 0.5) is 0 Å². The highest BCUT2D eigenvalue weighted by molar-refractivity contribution is 5.38. The number of nitrogens with zero attached hydrogens (tertiary/aromatic N) is 2. The number of nitrogens with two attached hydrogens (primary N) is 1. The number of rotatable bonds is 5. The van der Waals surface area contributed by atoms with Gasteiger partial charge in [-0.3, -0.25) is 11.3 Å². The molecule has 1 heterocycles.